The Labute approximate surface area is 95.1 Å². The van der Waals surface area contributed by atoms with E-state index in [1.165, 1.54) is 0 Å². The summed E-state index contributed by atoms with van der Waals surface area (Å²) in [5.74, 6) is 2.63. The highest BCUT2D eigenvalue weighted by atomic mass is 16.5. The third-order valence-corrected chi connectivity index (χ3v) is 1.84. The number of amides is 1. The van der Waals surface area contributed by atoms with Crippen LogP contribution in [-0.2, 0) is 0 Å². The molecule has 1 amide bonds. The van der Waals surface area contributed by atoms with E-state index in [9.17, 15) is 4.79 Å². The molecule has 0 bridgehead atoms. The monoisotopic (exact) mass is 215 g/mol. The van der Waals surface area contributed by atoms with Crippen LogP contribution in [0.3, 0.4) is 0 Å². The predicted molar refractivity (Wildman–Crippen MR) is 63.3 cm³/mol. The molecule has 0 aliphatic carbocycles. The van der Waals surface area contributed by atoms with Crippen LogP contribution in [0.2, 0.25) is 0 Å². The number of hydrogen-bond acceptors (Lipinski definition) is 2. The zero-order chi connectivity index (χ0) is 11.8. The Balaban J connectivity index is 2.81. The minimum absolute atomic E-state index is 0.203. The summed E-state index contributed by atoms with van der Waals surface area (Å²) >= 11 is 0. The van der Waals surface area contributed by atoms with Crippen molar-refractivity contribution in [1.29, 1.82) is 0 Å². The molecule has 0 aromatic heterocycles. The Bertz CT molecular complexity index is 418. The van der Waals surface area contributed by atoms with Crippen molar-refractivity contribution in [3.05, 3.63) is 42.5 Å². The van der Waals surface area contributed by atoms with Crippen LogP contribution in [0.5, 0.6) is 5.75 Å². The van der Waals surface area contributed by atoms with E-state index in [2.05, 4.69) is 17.8 Å². The molecule has 0 saturated carbocycles. The Morgan fingerprint density at radius 1 is 1.56 bits per heavy atom. The Morgan fingerprint density at radius 2 is 2.31 bits per heavy atom. The lowest BCUT2D eigenvalue weighted by Crippen LogP contribution is -2.24. The van der Waals surface area contributed by atoms with E-state index in [4.69, 9.17) is 11.2 Å². The van der Waals surface area contributed by atoms with Crippen LogP contribution in [0, 0.1) is 12.3 Å². The molecular weight excluding hydrogens is 202 g/mol. The first kappa shape index (κ1) is 11.9. The normalized spacial score (nSPS) is 8.94. The first-order chi connectivity index (χ1) is 7.79. The number of carbonyl (C=O) groups is 1. The van der Waals surface area contributed by atoms with Gasteiger partial charge in [-0.1, -0.05) is 30.7 Å². The van der Waals surface area contributed by atoms with Crippen LogP contribution >= 0.6 is 0 Å². The van der Waals surface area contributed by atoms with Gasteiger partial charge in [0.05, 0.1) is 12.1 Å². The van der Waals surface area contributed by atoms with Gasteiger partial charge in [-0.05, 0) is 12.1 Å². The van der Waals surface area contributed by atoms with Crippen molar-refractivity contribution in [3.8, 4) is 18.1 Å². The molecule has 0 fully saturated rings. The molecule has 82 valence electrons. The van der Waals surface area contributed by atoms with Crippen molar-refractivity contribution in [1.82, 2.24) is 5.32 Å². The fraction of sp³-hybridized carbons (Fsp3) is 0.154. The van der Waals surface area contributed by atoms with E-state index >= 15 is 0 Å². The molecule has 0 unspecified atom stereocenters. The first-order valence-corrected chi connectivity index (χ1v) is 4.84. The summed E-state index contributed by atoms with van der Waals surface area (Å²) in [6.07, 6.45) is 6.69. The van der Waals surface area contributed by atoms with E-state index in [0.717, 1.165) is 0 Å². The lowest BCUT2D eigenvalue weighted by Gasteiger charge is -2.09. The zero-order valence-electron chi connectivity index (χ0n) is 8.90. The number of carbonyl (C=O) groups excluding carboxylic acids is 1. The van der Waals surface area contributed by atoms with E-state index < -0.39 is 0 Å². The number of benzene rings is 1. The second-order valence-corrected chi connectivity index (χ2v) is 2.98. The summed E-state index contributed by atoms with van der Waals surface area (Å²) in [6.45, 7) is 4.11. The average Bonchev–Trinajstić information content (AvgIpc) is 2.33. The second-order valence-electron chi connectivity index (χ2n) is 2.98. The standard InChI is InChI=1S/C13H13NO2/c1-3-9-14-13(15)11-7-5-6-8-12(11)16-10-4-2/h1,4-8H,2,9-10H2,(H,14,15). The van der Waals surface area contributed by atoms with Gasteiger partial charge in [0.15, 0.2) is 0 Å². The van der Waals surface area contributed by atoms with Crippen LogP contribution in [-0.4, -0.2) is 19.1 Å². The molecule has 0 aliphatic rings. The second kappa shape index (κ2) is 6.31. The summed E-state index contributed by atoms with van der Waals surface area (Å²) in [6, 6.07) is 6.99. The van der Waals surface area contributed by atoms with Crippen molar-refractivity contribution >= 4 is 5.91 Å². The number of hydrogen-bond donors (Lipinski definition) is 1. The van der Waals surface area contributed by atoms with Crippen molar-refractivity contribution < 1.29 is 9.53 Å². The molecule has 0 spiro atoms. The zero-order valence-corrected chi connectivity index (χ0v) is 8.90. The molecule has 1 aromatic rings. The molecular formula is C13H13NO2. The lowest BCUT2D eigenvalue weighted by atomic mass is 10.2. The molecule has 0 saturated heterocycles. The van der Waals surface area contributed by atoms with Gasteiger partial charge in [0, 0.05) is 0 Å². The summed E-state index contributed by atoms with van der Waals surface area (Å²) in [5, 5.41) is 2.58. The predicted octanol–water partition coefficient (Wildman–Crippen LogP) is 1.61. The number of rotatable bonds is 5. The number of ether oxygens (including phenoxy) is 1. The molecule has 3 nitrogen and oxygen atoms in total. The fourth-order valence-electron chi connectivity index (χ4n) is 1.16. The molecule has 0 radical (unpaired) electrons. The summed E-state index contributed by atoms with van der Waals surface area (Å²) in [5.41, 5.74) is 0.472. The molecule has 16 heavy (non-hydrogen) atoms. The number of nitrogens with one attached hydrogen (secondary N) is 1. The van der Waals surface area contributed by atoms with E-state index in [1.807, 2.05) is 0 Å². The van der Waals surface area contributed by atoms with Crippen LogP contribution in [0.25, 0.3) is 0 Å². The molecule has 3 heteroatoms. The SMILES string of the molecule is C#CCNC(=O)c1ccccc1OCC=C. The Kier molecular flexibility index (Phi) is 4.68. The molecule has 0 aliphatic heterocycles. The molecule has 0 atom stereocenters. The summed E-state index contributed by atoms with van der Waals surface area (Å²) in [7, 11) is 0. The minimum atomic E-state index is -0.238. The smallest absolute Gasteiger partial charge is 0.255 e. The van der Waals surface area contributed by atoms with Gasteiger partial charge in [-0.15, -0.1) is 6.42 Å². The highest BCUT2D eigenvalue weighted by molar-refractivity contribution is 5.97. The maximum absolute atomic E-state index is 11.7. The van der Waals surface area contributed by atoms with Crippen LogP contribution < -0.4 is 10.1 Å². The highest BCUT2D eigenvalue weighted by Gasteiger charge is 2.10. The van der Waals surface area contributed by atoms with Crippen molar-refractivity contribution in [3.63, 3.8) is 0 Å². The average molecular weight is 215 g/mol. The van der Waals surface area contributed by atoms with Gasteiger partial charge in [-0.25, -0.2) is 0 Å². The highest BCUT2D eigenvalue weighted by Crippen LogP contribution is 2.17. The first-order valence-electron chi connectivity index (χ1n) is 4.84. The third-order valence-electron chi connectivity index (χ3n) is 1.84. The Hall–Kier alpha value is -2.21. The Morgan fingerprint density at radius 3 is 3.00 bits per heavy atom. The van der Waals surface area contributed by atoms with E-state index in [-0.39, 0.29) is 12.5 Å². The fourth-order valence-corrected chi connectivity index (χ4v) is 1.16. The van der Waals surface area contributed by atoms with Crippen LogP contribution in [0.15, 0.2) is 36.9 Å². The van der Waals surface area contributed by atoms with Crippen LogP contribution in [0.1, 0.15) is 10.4 Å². The molecule has 0 heterocycles. The van der Waals surface area contributed by atoms with Crippen molar-refractivity contribution in [2.75, 3.05) is 13.2 Å². The van der Waals surface area contributed by atoms with Gasteiger partial charge in [0.25, 0.3) is 5.91 Å². The molecule has 1 N–H and O–H groups in total. The topological polar surface area (TPSA) is 38.3 Å². The largest absolute Gasteiger partial charge is 0.489 e. The van der Waals surface area contributed by atoms with Gasteiger partial charge in [0.2, 0.25) is 0 Å². The van der Waals surface area contributed by atoms with Gasteiger partial charge < -0.3 is 10.1 Å². The van der Waals surface area contributed by atoms with Crippen LogP contribution in [0.4, 0.5) is 0 Å². The van der Waals surface area contributed by atoms with E-state index in [0.29, 0.717) is 17.9 Å². The summed E-state index contributed by atoms with van der Waals surface area (Å²) < 4.78 is 5.36. The van der Waals surface area contributed by atoms with E-state index in [1.54, 1.807) is 30.3 Å². The van der Waals surface area contributed by atoms with Gasteiger partial charge in [0.1, 0.15) is 12.4 Å². The number of para-hydroxylation sites is 1. The lowest BCUT2D eigenvalue weighted by molar-refractivity contribution is 0.0955. The quantitative estimate of drug-likeness (QED) is 0.598. The molecule has 1 aromatic carbocycles. The maximum Gasteiger partial charge on any atom is 0.255 e. The third kappa shape index (κ3) is 3.18. The van der Waals surface area contributed by atoms with Gasteiger partial charge >= 0.3 is 0 Å². The van der Waals surface area contributed by atoms with Gasteiger partial charge in [-0.2, -0.15) is 0 Å². The summed E-state index contributed by atoms with van der Waals surface area (Å²) in [4.78, 5) is 11.7. The number of terminal acetylenes is 1. The molecule has 1 rings (SSSR count). The maximum atomic E-state index is 11.7. The minimum Gasteiger partial charge on any atom is -0.489 e. The van der Waals surface area contributed by atoms with Crippen molar-refractivity contribution in [2.24, 2.45) is 0 Å². The van der Waals surface area contributed by atoms with Gasteiger partial charge in [-0.3, -0.25) is 4.79 Å². The van der Waals surface area contributed by atoms with Crippen molar-refractivity contribution in [2.45, 2.75) is 0 Å².